The Morgan fingerprint density at radius 3 is 2.25 bits per heavy atom. The number of benzene rings is 1. The van der Waals surface area contributed by atoms with Gasteiger partial charge in [-0.3, -0.25) is 0 Å². The van der Waals surface area contributed by atoms with E-state index >= 15 is 0 Å². The lowest BCUT2D eigenvalue weighted by Gasteiger charge is -2.25. The number of quaternary nitrogens is 1. The molecule has 0 aliphatic carbocycles. The molecule has 0 spiro atoms. The molecule has 136 valence electrons. The van der Waals surface area contributed by atoms with Gasteiger partial charge in [0.25, 0.3) is 0 Å². The molecule has 7 nitrogen and oxygen atoms in total. The zero-order valence-electron chi connectivity index (χ0n) is 14.7. The summed E-state index contributed by atoms with van der Waals surface area (Å²) in [6.07, 6.45) is -0.486. The number of aliphatic hydroxyl groups excluding tert-OH is 1. The second kappa shape index (κ2) is 9.68. The average Bonchev–Trinajstić information content (AvgIpc) is 2.61. The molecule has 1 aliphatic rings. The lowest BCUT2D eigenvalue weighted by molar-refractivity contribution is -0.911. The summed E-state index contributed by atoms with van der Waals surface area (Å²) in [7, 11) is 4.73. The van der Waals surface area contributed by atoms with E-state index in [0.717, 1.165) is 31.9 Å². The summed E-state index contributed by atoms with van der Waals surface area (Å²) < 4.78 is 26.9. The SMILES string of the molecule is COc1cc(COC[C@H](O)C[NH+]2CCOCC2)cc(OC)c1OC. The van der Waals surface area contributed by atoms with Crippen molar-refractivity contribution < 1.29 is 33.7 Å². The van der Waals surface area contributed by atoms with Crippen LogP contribution in [0.1, 0.15) is 5.56 Å². The summed E-state index contributed by atoms with van der Waals surface area (Å²) in [6, 6.07) is 3.70. The van der Waals surface area contributed by atoms with E-state index in [4.69, 9.17) is 23.7 Å². The van der Waals surface area contributed by atoms with Crippen LogP contribution in [0.15, 0.2) is 12.1 Å². The van der Waals surface area contributed by atoms with Gasteiger partial charge in [0.15, 0.2) is 11.5 Å². The second-order valence-corrected chi connectivity index (χ2v) is 5.77. The van der Waals surface area contributed by atoms with Crippen LogP contribution in [0, 0.1) is 0 Å². The van der Waals surface area contributed by atoms with E-state index in [9.17, 15) is 5.11 Å². The third-order valence-electron chi connectivity index (χ3n) is 4.03. The quantitative estimate of drug-likeness (QED) is 0.631. The van der Waals surface area contributed by atoms with Crippen LogP contribution in [0.4, 0.5) is 0 Å². The van der Waals surface area contributed by atoms with E-state index in [2.05, 4.69) is 0 Å². The van der Waals surface area contributed by atoms with Crippen LogP contribution >= 0.6 is 0 Å². The Morgan fingerprint density at radius 2 is 1.71 bits per heavy atom. The number of hydrogen-bond donors (Lipinski definition) is 2. The van der Waals surface area contributed by atoms with Crippen molar-refractivity contribution in [3.63, 3.8) is 0 Å². The predicted molar refractivity (Wildman–Crippen MR) is 88.1 cm³/mol. The maximum atomic E-state index is 10.1. The molecule has 7 heteroatoms. The molecule has 1 heterocycles. The van der Waals surface area contributed by atoms with Crippen molar-refractivity contribution in [2.75, 3.05) is 60.8 Å². The summed E-state index contributed by atoms with van der Waals surface area (Å²) in [6.45, 7) is 4.72. The van der Waals surface area contributed by atoms with Crippen LogP contribution in [0.2, 0.25) is 0 Å². The first-order valence-corrected chi connectivity index (χ1v) is 8.14. The molecule has 1 fully saturated rings. The van der Waals surface area contributed by atoms with E-state index in [1.807, 2.05) is 12.1 Å². The smallest absolute Gasteiger partial charge is 0.203 e. The molecule has 2 N–H and O–H groups in total. The lowest BCUT2D eigenvalue weighted by Crippen LogP contribution is -3.15. The monoisotopic (exact) mass is 342 g/mol. The Bertz CT molecular complexity index is 479. The highest BCUT2D eigenvalue weighted by Gasteiger charge is 2.18. The summed E-state index contributed by atoms with van der Waals surface area (Å²) in [5.41, 5.74) is 0.899. The molecule has 0 amide bonds. The van der Waals surface area contributed by atoms with Gasteiger partial charge in [-0.1, -0.05) is 0 Å². The van der Waals surface area contributed by atoms with Crippen LogP contribution < -0.4 is 19.1 Å². The van der Waals surface area contributed by atoms with Crippen LogP contribution in [-0.2, 0) is 16.1 Å². The molecule has 1 aromatic rings. The molecule has 1 atom stereocenters. The van der Waals surface area contributed by atoms with Gasteiger partial charge in [0, 0.05) is 0 Å². The highest BCUT2D eigenvalue weighted by atomic mass is 16.5. The Hall–Kier alpha value is -1.54. The van der Waals surface area contributed by atoms with E-state index in [1.165, 1.54) is 4.90 Å². The van der Waals surface area contributed by atoms with Gasteiger partial charge in [-0.25, -0.2) is 0 Å². The molecule has 2 rings (SSSR count). The first kappa shape index (κ1) is 18.8. The second-order valence-electron chi connectivity index (χ2n) is 5.77. The number of aliphatic hydroxyl groups is 1. The fourth-order valence-electron chi connectivity index (χ4n) is 2.79. The minimum Gasteiger partial charge on any atom is -0.493 e. The normalized spacial score (nSPS) is 16.7. The topological polar surface area (TPSA) is 70.8 Å². The van der Waals surface area contributed by atoms with Gasteiger partial charge in [0.05, 0.1) is 47.8 Å². The molecular weight excluding hydrogens is 314 g/mol. The van der Waals surface area contributed by atoms with Crippen molar-refractivity contribution in [1.29, 1.82) is 0 Å². The van der Waals surface area contributed by atoms with Crippen molar-refractivity contribution >= 4 is 0 Å². The van der Waals surface area contributed by atoms with E-state index in [1.54, 1.807) is 21.3 Å². The Morgan fingerprint density at radius 1 is 1.08 bits per heavy atom. The minimum atomic E-state index is -0.486. The van der Waals surface area contributed by atoms with Crippen LogP contribution in [0.25, 0.3) is 0 Å². The highest BCUT2D eigenvalue weighted by molar-refractivity contribution is 5.53. The van der Waals surface area contributed by atoms with Crippen molar-refractivity contribution in [2.45, 2.75) is 12.7 Å². The highest BCUT2D eigenvalue weighted by Crippen LogP contribution is 2.38. The van der Waals surface area contributed by atoms with Gasteiger partial charge >= 0.3 is 0 Å². The van der Waals surface area contributed by atoms with Gasteiger partial charge < -0.3 is 33.7 Å². The molecule has 1 saturated heterocycles. The molecule has 0 unspecified atom stereocenters. The number of methoxy groups -OCH3 is 3. The molecule has 1 aromatic carbocycles. The summed E-state index contributed by atoms with van der Waals surface area (Å²) in [4.78, 5) is 1.35. The molecule has 0 bridgehead atoms. The van der Waals surface area contributed by atoms with Crippen LogP contribution in [-0.4, -0.2) is 72.0 Å². The zero-order chi connectivity index (χ0) is 17.4. The van der Waals surface area contributed by atoms with Gasteiger partial charge in [-0.2, -0.15) is 0 Å². The van der Waals surface area contributed by atoms with Crippen molar-refractivity contribution in [3.8, 4) is 17.2 Å². The van der Waals surface area contributed by atoms with Crippen LogP contribution in [0.3, 0.4) is 0 Å². The fourth-order valence-corrected chi connectivity index (χ4v) is 2.79. The summed E-state index contributed by atoms with van der Waals surface area (Å²) >= 11 is 0. The zero-order valence-corrected chi connectivity index (χ0v) is 14.7. The van der Waals surface area contributed by atoms with Gasteiger partial charge in [-0.05, 0) is 17.7 Å². The third-order valence-corrected chi connectivity index (χ3v) is 4.03. The predicted octanol–water partition coefficient (Wildman–Crippen LogP) is -0.495. The first-order chi connectivity index (χ1) is 11.7. The summed E-state index contributed by atoms with van der Waals surface area (Å²) in [5.74, 6) is 1.74. The Kier molecular flexibility index (Phi) is 7.58. The van der Waals surface area contributed by atoms with E-state index in [0.29, 0.717) is 37.0 Å². The van der Waals surface area contributed by atoms with Crippen molar-refractivity contribution in [1.82, 2.24) is 0 Å². The molecule has 0 aromatic heterocycles. The van der Waals surface area contributed by atoms with E-state index < -0.39 is 6.10 Å². The van der Waals surface area contributed by atoms with Crippen molar-refractivity contribution in [3.05, 3.63) is 17.7 Å². The molecular formula is C17H28NO6+. The number of hydrogen-bond acceptors (Lipinski definition) is 6. The number of ether oxygens (including phenoxy) is 5. The maximum Gasteiger partial charge on any atom is 0.203 e. The largest absolute Gasteiger partial charge is 0.493 e. The molecule has 1 aliphatic heterocycles. The number of rotatable bonds is 9. The van der Waals surface area contributed by atoms with Gasteiger partial charge in [-0.15, -0.1) is 0 Å². The maximum absolute atomic E-state index is 10.1. The molecule has 0 radical (unpaired) electrons. The number of nitrogens with one attached hydrogen (secondary N) is 1. The Balaban J connectivity index is 1.84. The molecule has 24 heavy (non-hydrogen) atoms. The van der Waals surface area contributed by atoms with Gasteiger partial charge in [0.2, 0.25) is 5.75 Å². The first-order valence-electron chi connectivity index (χ1n) is 8.14. The standard InChI is InChI=1S/C17H27NO6/c1-20-15-8-13(9-16(21-2)17(15)22-3)11-24-12-14(19)10-18-4-6-23-7-5-18/h8-9,14,19H,4-7,10-12H2,1-3H3/p+1/t14-/m1/s1. The third kappa shape index (κ3) is 5.24. The van der Waals surface area contributed by atoms with E-state index in [-0.39, 0.29) is 0 Å². The fraction of sp³-hybridized carbons (Fsp3) is 0.647. The molecule has 0 saturated carbocycles. The number of morpholine rings is 1. The van der Waals surface area contributed by atoms with Crippen LogP contribution in [0.5, 0.6) is 17.2 Å². The van der Waals surface area contributed by atoms with Gasteiger partial charge in [0.1, 0.15) is 25.7 Å². The minimum absolute atomic E-state index is 0.293. The average molecular weight is 342 g/mol. The Labute approximate surface area is 143 Å². The lowest BCUT2D eigenvalue weighted by atomic mass is 10.2. The summed E-state index contributed by atoms with van der Waals surface area (Å²) in [5, 5.41) is 10.1. The van der Waals surface area contributed by atoms with Crippen molar-refractivity contribution in [2.24, 2.45) is 0 Å².